The number of anilines is 1. The Balaban J connectivity index is 2.38. The number of hydrogen-bond donors (Lipinski definition) is 1. The zero-order chi connectivity index (χ0) is 15.5. The number of ether oxygens (including phenoxy) is 2. The van der Waals surface area contributed by atoms with Crippen molar-refractivity contribution in [3.8, 4) is 0 Å². The van der Waals surface area contributed by atoms with Gasteiger partial charge in [-0.3, -0.25) is 9.59 Å². The second kappa shape index (κ2) is 6.24. The highest BCUT2D eigenvalue weighted by molar-refractivity contribution is 5.91. The lowest BCUT2D eigenvalue weighted by Crippen LogP contribution is -2.32. The van der Waals surface area contributed by atoms with E-state index in [1.807, 2.05) is 6.92 Å². The Hall–Kier alpha value is -1.92. The van der Waals surface area contributed by atoms with Gasteiger partial charge in [0.2, 0.25) is 11.7 Å². The average Bonchev–Trinajstić information content (AvgIpc) is 2.88. The number of benzene rings is 1. The summed E-state index contributed by atoms with van der Waals surface area (Å²) in [5.74, 6) is -2.34. The summed E-state index contributed by atoms with van der Waals surface area (Å²) in [6.07, 6.45) is -0.275. The average molecular weight is 293 g/mol. The van der Waals surface area contributed by atoms with Gasteiger partial charge >= 0.3 is 5.97 Å². The topological polar surface area (TPSA) is 76.1 Å². The molecule has 2 rings (SSSR count). The third kappa shape index (κ3) is 3.22. The van der Waals surface area contributed by atoms with E-state index in [1.165, 1.54) is 6.92 Å². The Morgan fingerprint density at radius 1 is 1.33 bits per heavy atom. The molecule has 114 valence electrons. The van der Waals surface area contributed by atoms with Crippen LogP contribution in [0, 0.1) is 0 Å². The van der Waals surface area contributed by atoms with Gasteiger partial charge in [-0.05, 0) is 19.1 Å². The van der Waals surface area contributed by atoms with Crippen LogP contribution < -0.4 is 4.90 Å². The van der Waals surface area contributed by atoms with Crippen molar-refractivity contribution in [2.45, 2.75) is 26.1 Å². The highest BCUT2D eigenvalue weighted by atomic mass is 16.7. The number of aliphatic carboxylic acids is 1. The second-order valence-electron chi connectivity index (χ2n) is 4.83. The quantitative estimate of drug-likeness (QED) is 0.894. The summed E-state index contributed by atoms with van der Waals surface area (Å²) in [5.41, 5.74) is 1.31. The molecule has 0 radical (unpaired) electrons. The Morgan fingerprint density at radius 3 is 2.52 bits per heavy atom. The highest BCUT2D eigenvalue weighted by Crippen LogP contribution is 2.36. The Kier molecular flexibility index (Phi) is 4.59. The molecule has 0 saturated carbocycles. The molecule has 6 heteroatoms. The molecule has 21 heavy (non-hydrogen) atoms. The van der Waals surface area contributed by atoms with Crippen LogP contribution in [0.4, 0.5) is 5.69 Å². The van der Waals surface area contributed by atoms with Gasteiger partial charge in [0.25, 0.3) is 0 Å². The van der Waals surface area contributed by atoms with Gasteiger partial charge in [-0.1, -0.05) is 12.1 Å². The van der Waals surface area contributed by atoms with Crippen LogP contribution in [-0.4, -0.2) is 36.7 Å². The number of carbonyl (C=O) groups is 2. The fourth-order valence-corrected chi connectivity index (χ4v) is 2.52. The standard InChI is InChI=1S/C15H19NO5/c1-3-16(11(2)17)13-6-4-5-12(9-13)15(10-14(18)19)20-7-8-21-15/h4-6,9H,3,7-8,10H2,1-2H3,(H,18,19). The van der Waals surface area contributed by atoms with Gasteiger partial charge in [0, 0.05) is 24.7 Å². The number of carboxylic acids is 1. The Morgan fingerprint density at radius 2 is 2.00 bits per heavy atom. The first kappa shape index (κ1) is 15.5. The van der Waals surface area contributed by atoms with Crippen molar-refractivity contribution in [3.05, 3.63) is 29.8 Å². The monoisotopic (exact) mass is 293 g/mol. The molecular formula is C15H19NO5. The first-order valence-corrected chi connectivity index (χ1v) is 6.87. The first-order chi connectivity index (χ1) is 9.98. The third-order valence-electron chi connectivity index (χ3n) is 3.43. The van der Waals surface area contributed by atoms with Crippen LogP contribution in [0.3, 0.4) is 0 Å². The van der Waals surface area contributed by atoms with E-state index in [9.17, 15) is 9.59 Å². The minimum atomic E-state index is -1.27. The molecule has 1 saturated heterocycles. The molecule has 0 atom stereocenters. The summed E-state index contributed by atoms with van der Waals surface area (Å²) >= 11 is 0. The van der Waals surface area contributed by atoms with Gasteiger partial charge in [0.05, 0.1) is 13.2 Å². The van der Waals surface area contributed by atoms with Crippen molar-refractivity contribution in [2.75, 3.05) is 24.7 Å². The Bertz CT molecular complexity index is 537. The maximum Gasteiger partial charge on any atom is 0.309 e. The molecule has 0 unspecified atom stereocenters. The summed E-state index contributed by atoms with van der Waals surface area (Å²) in [4.78, 5) is 24.3. The minimum absolute atomic E-state index is 0.0739. The fourth-order valence-electron chi connectivity index (χ4n) is 2.52. The fraction of sp³-hybridized carbons (Fsp3) is 0.467. The molecule has 0 bridgehead atoms. The Labute approximate surface area is 123 Å². The first-order valence-electron chi connectivity index (χ1n) is 6.87. The van der Waals surface area contributed by atoms with Crippen molar-refractivity contribution in [3.63, 3.8) is 0 Å². The summed E-state index contributed by atoms with van der Waals surface area (Å²) in [6, 6.07) is 7.08. The predicted molar refractivity (Wildman–Crippen MR) is 76.0 cm³/mol. The lowest BCUT2D eigenvalue weighted by Gasteiger charge is -2.28. The number of carboxylic acid groups (broad SMARTS) is 1. The van der Waals surface area contributed by atoms with E-state index < -0.39 is 11.8 Å². The maximum absolute atomic E-state index is 11.6. The van der Waals surface area contributed by atoms with E-state index in [4.69, 9.17) is 14.6 Å². The molecule has 0 aliphatic carbocycles. The van der Waals surface area contributed by atoms with Crippen molar-refractivity contribution in [2.24, 2.45) is 0 Å². The number of rotatable bonds is 5. The molecule has 1 fully saturated rings. The van der Waals surface area contributed by atoms with Crippen LogP contribution in [-0.2, 0) is 24.8 Å². The van der Waals surface area contributed by atoms with Crippen molar-refractivity contribution >= 4 is 17.6 Å². The van der Waals surface area contributed by atoms with Crippen LogP contribution in [0.25, 0.3) is 0 Å². The van der Waals surface area contributed by atoms with Crippen LogP contribution in [0.5, 0.6) is 0 Å². The van der Waals surface area contributed by atoms with E-state index >= 15 is 0 Å². The van der Waals surface area contributed by atoms with Gasteiger partial charge in [-0.25, -0.2) is 0 Å². The highest BCUT2D eigenvalue weighted by Gasteiger charge is 2.41. The molecule has 0 spiro atoms. The normalized spacial score (nSPS) is 16.7. The van der Waals surface area contributed by atoms with E-state index in [0.717, 1.165) is 0 Å². The summed E-state index contributed by atoms with van der Waals surface area (Å²) in [5, 5.41) is 9.09. The van der Waals surface area contributed by atoms with Crippen LogP contribution in [0.2, 0.25) is 0 Å². The van der Waals surface area contributed by atoms with E-state index in [-0.39, 0.29) is 12.3 Å². The molecule has 1 heterocycles. The molecular weight excluding hydrogens is 274 g/mol. The zero-order valence-electron chi connectivity index (χ0n) is 12.2. The predicted octanol–water partition coefficient (Wildman–Crippen LogP) is 1.73. The van der Waals surface area contributed by atoms with Gasteiger partial charge in [-0.2, -0.15) is 0 Å². The molecule has 1 aliphatic heterocycles. The van der Waals surface area contributed by atoms with Gasteiger partial charge in [0.1, 0.15) is 6.42 Å². The van der Waals surface area contributed by atoms with Crippen molar-refractivity contribution in [1.82, 2.24) is 0 Å². The van der Waals surface area contributed by atoms with Crippen molar-refractivity contribution in [1.29, 1.82) is 0 Å². The maximum atomic E-state index is 11.6. The number of carbonyl (C=O) groups excluding carboxylic acids is 1. The van der Waals surface area contributed by atoms with Gasteiger partial charge in [-0.15, -0.1) is 0 Å². The van der Waals surface area contributed by atoms with Crippen molar-refractivity contribution < 1.29 is 24.2 Å². The van der Waals surface area contributed by atoms with Crippen LogP contribution >= 0.6 is 0 Å². The van der Waals surface area contributed by atoms with E-state index in [1.54, 1.807) is 29.2 Å². The summed E-state index contributed by atoms with van der Waals surface area (Å²) < 4.78 is 11.1. The molecule has 1 aromatic carbocycles. The minimum Gasteiger partial charge on any atom is -0.481 e. The number of amides is 1. The third-order valence-corrected chi connectivity index (χ3v) is 3.43. The second-order valence-corrected chi connectivity index (χ2v) is 4.83. The lowest BCUT2D eigenvalue weighted by atomic mass is 10.0. The van der Waals surface area contributed by atoms with Gasteiger partial charge in [0.15, 0.2) is 0 Å². The van der Waals surface area contributed by atoms with Crippen LogP contribution in [0.1, 0.15) is 25.8 Å². The molecule has 1 amide bonds. The van der Waals surface area contributed by atoms with Gasteiger partial charge < -0.3 is 19.5 Å². The smallest absolute Gasteiger partial charge is 0.309 e. The van der Waals surface area contributed by atoms with Crippen LogP contribution in [0.15, 0.2) is 24.3 Å². The van der Waals surface area contributed by atoms with E-state index in [2.05, 4.69) is 0 Å². The molecule has 1 N–H and O–H groups in total. The molecule has 0 aromatic heterocycles. The summed E-state index contributed by atoms with van der Waals surface area (Å²) in [7, 11) is 0. The molecule has 6 nitrogen and oxygen atoms in total. The SMILES string of the molecule is CCN(C(C)=O)c1cccc(C2(CC(=O)O)OCCO2)c1. The number of hydrogen-bond acceptors (Lipinski definition) is 4. The molecule has 1 aromatic rings. The summed E-state index contributed by atoms with van der Waals surface area (Å²) in [6.45, 7) is 4.60. The number of nitrogens with zero attached hydrogens (tertiary/aromatic N) is 1. The molecule has 1 aliphatic rings. The van der Waals surface area contributed by atoms with E-state index in [0.29, 0.717) is 31.0 Å². The zero-order valence-corrected chi connectivity index (χ0v) is 12.2. The lowest BCUT2D eigenvalue weighted by molar-refractivity contribution is -0.185. The largest absolute Gasteiger partial charge is 0.481 e.